The Labute approximate surface area is 108 Å². The molecule has 18 heavy (non-hydrogen) atoms. The van der Waals surface area contributed by atoms with Crippen molar-refractivity contribution in [1.29, 1.82) is 0 Å². The number of likely N-dealkylation sites (tertiary alicyclic amines) is 1. The maximum atomic E-state index is 12.3. The van der Waals surface area contributed by atoms with Gasteiger partial charge >= 0.3 is 0 Å². The van der Waals surface area contributed by atoms with Crippen LogP contribution in [-0.2, 0) is 4.74 Å². The van der Waals surface area contributed by atoms with Gasteiger partial charge in [0, 0.05) is 31.5 Å². The van der Waals surface area contributed by atoms with E-state index in [-0.39, 0.29) is 5.91 Å². The van der Waals surface area contributed by atoms with Crippen LogP contribution in [-0.4, -0.2) is 37.6 Å². The maximum absolute atomic E-state index is 12.3. The Morgan fingerprint density at radius 1 is 1.56 bits per heavy atom. The fourth-order valence-electron chi connectivity index (χ4n) is 2.48. The Morgan fingerprint density at radius 3 is 3.11 bits per heavy atom. The van der Waals surface area contributed by atoms with Crippen LogP contribution in [0.15, 0.2) is 24.3 Å². The van der Waals surface area contributed by atoms with Crippen LogP contribution < -0.4 is 5.73 Å². The molecule has 1 aliphatic heterocycles. The second kappa shape index (κ2) is 5.87. The van der Waals surface area contributed by atoms with Crippen molar-refractivity contribution in [3.05, 3.63) is 29.8 Å². The summed E-state index contributed by atoms with van der Waals surface area (Å²) in [7, 11) is 1.71. The summed E-state index contributed by atoms with van der Waals surface area (Å²) in [6, 6.07) is 7.17. The van der Waals surface area contributed by atoms with Crippen LogP contribution in [0.4, 0.5) is 5.69 Å². The Kier molecular flexibility index (Phi) is 4.20. The van der Waals surface area contributed by atoms with Crippen LogP contribution in [0.3, 0.4) is 0 Å². The number of hydrogen-bond acceptors (Lipinski definition) is 3. The van der Waals surface area contributed by atoms with E-state index in [9.17, 15) is 4.79 Å². The molecule has 0 radical (unpaired) electrons. The first kappa shape index (κ1) is 12.9. The van der Waals surface area contributed by atoms with Crippen molar-refractivity contribution in [1.82, 2.24) is 4.90 Å². The topological polar surface area (TPSA) is 55.6 Å². The zero-order valence-corrected chi connectivity index (χ0v) is 10.8. The molecule has 1 saturated heterocycles. The quantitative estimate of drug-likeness (QED) is 0.829. The highest BCUT2D eigenvalue weighted by Gasteiger charge is 2.24. The SMILES string of the molecule is COCC1CCCN(C(=O)c2cccc(N)c2)C1. The molecule has 1 fully saturated rings. The standard InChI is InChI=1S/C14H20N2O2/c1-18-10-11-4-3-7-16(9-11)14(17)12-5-2-6-13(15)8-12/h2,5-6,8,11H,3-4,7,9-10,15H2,1H3. The van der Waals surface area contributed by atoms with Gasteiger partial charge in [-0.1, -0.05) is 6.07 Å². The van der Waals surface area contributed by atoms with Crippen LogP contribution in [0.1, 0.15) is 23.2 Å². The third-order valence-corrected chi connectivity index (χ3v) is 3.34. The lowest BCUT2D eigenvalue weighted by atomic mass is 9.98. The first-order chi connectivity index (χ1) is 8.70. The van der Waals surface area contributed by atoms with E-state index in [1.807, 2.05) is 17.0 Å². The number of carbonyl (C=O) groups excluding carboxylic acids is 1. The second-order valence-corrected chi connectivity index (χ2v) is 4.84. The van der Waals surface area contributed by atoms with Gasteiger partial charge in [0.2, 0.25) is 0 Å². The smallest absolute Gasteiger partial charge is 0.253 e. The minimum Gasteiger partial charge on any atom is -0.399 e. The molecule has 98 valence electrons. The highest BCUT2D eigenvalue weighted by Crippen LogP contribution is 2.19. The van der Waals surface area contributed by atoms with E-state index >= 15 is 0 Å². The summed E-state index contributed by atoms with van der Waals surface area (Å²) in [5, 5.41) is 0. The Hall–Kier alpha value is -1.55. The largest absolute Gasteiger partial charge is 0.399 e. The van der Waals surface area contributed by atoms with E-state index < -0.39 is 0 Å². The first-order valence-corrected chi connectivity index (χ1v) is 6.34. The number of nitrogens with two attached hydrogens (primary N) is 1. The predicted molar refractivity (Wildman–Crippen MR) is 71.4 cm³/mol. The molecule has 1 amide bonds. The van der Waals surface area contributed by atoms with Crippen LogP contribution in [0.25, 0.3) is 0 Å². The number of anilines is 1. The van der Waals surface area contributed by atoms with E-state index in [1.54, 1.807) is 19.2 Å². The summed E-state index contributed by atoms with van der Waals surface area (Å²) in [6.07, 6.45) is 2.18. The molecular formula is C14H20N2O2. The number of nitrogens with zero attached hydrogens (tertiary/aromatic N) is 1. The second-order valence-electron chi connectivity index (χ2n) is 4.84. The summed E-state index contributed by atoms with van der Waals surface area (Å²) in [5.41, 5.74) is 7.02. The fourth-order valence-corrected chi connectivity index (χ4v) is 2.48. The predicted octanol–water partition coefficient (Wildman–Crippen LogP) is 1.77. The van der Waals surface area contributed by atoms with Crippen LogP contribution in [0.2, 0.25) is 0 Å². The molecule has 0 saturated carbocycles. The van der Waals surface area contributed by atoms with E-state index in [2.05, 4.69) is 0 Å². The molecule has 1 aromatic rings. The van der Waals surface area contributed by atoms with E-state index in [4.69, 9.17) is 10.5 Å². The molecule has 0 bridgehead atoms. The number of piperidine rings is 1. The third-order valence-electron chi connectivity index (χ3n) is 3.34. The molecule has 1 heterocycles. The number of ether oxygens (including phenoxy) is 1. The first-order valence-electron chi connectivity index (χ1n) is 6.34. The highest BCUT2D eigenvalue weighted by atomic mass is 16.5. The molecule has 0 aliphatic carbocycles. The van der Waals surface area contributed by atoms with Crippen LogP contribution in [0.5, 0.6) is 0 Å². The average molecular weight is 248 g/mol. The lowest BCUT2D eigenvalue weighted by Gasteiger charge is -2.32. The zero-order chi connectivity index (χ0) is 13.0. The van der Waals surface area contributed by atoms with E-state index in [0.29, 0.717) is 17.2 Å². The fraction of sp³-hybridized carbons (Fsp3) is 0.500. The van der Waals surface area contributed by atoms with Gasteiger partial charge in [0.25, 0.3) is 5.91 Å². The molecule has 1 aromatic carbocycles. The van der Waals surface area contributed by atoms with Crippen molar-refractivity contribution in [3.63, 3.8) is 0 Å². The van der Waals surface area contributed by atoms with Gasteiger partial charge in [-0.15, -0.1) is 0 Å². The van der Waals surface area contributed by atoms with Crippen LogP contribution >= 0.6 is 0 Å². The summed E-state index contributed by atoms with van der Waals surface area (Å²) < 4.78 is 5.18. The van der Waals surface area contributed by atoms with Crippen molar-refractivity contribution < 1.29 is 9.53 Å². The molecule has 0 spiro atoms. The molecule has 4 nitrogen and oxygen atoms in total. The van der Waals surface area contributed by atoms with Crippen molar-refractivity contribution in [2.24, 2.45) is 5.92 Å². The normalized spacial score (nSPS) is 19.8. The van der Waals surface area contributed by atoms with Gasteiger partial charge in [0.1, 0.15) is 0 Å². The molecule has 0 aromatic heterocycles. The Morgan fingerprint density at radius 2 is 2.39 bits per heavy atom. The summed E-state index contributed by atoms with van der Waals surface area (Å²) in [5.74, 6) is 0.525. The van der Waals surface area contributed by atoms with Gasteiger partial charge in [-0.25, -0.2) is 0 Å². The third kappa shape index (κ3) is 3.01. The zero-order valence-electron chi connectivity index (χ0n) is 10.8. The summed E-state index contributed by atoms with van der Waals surface area (Å²) in [6.45, 7) is 2.33. The number of rotatable bonds is 3. The van der Waals surface area contributed by atoms with E-state index in [1.165, 1.54) is 0 Å². The number of benzene rings is 1. The highest BCUT2D eigenvalue weighted by molar-refractivity contribution is 5.95. The summed E-state index contributed by atoms with van der Waals surface area (Å²) in [4.78, 5) is 14.2. The Balaban J connectivity index is 2.04. The summed E-state index contributed by atoms with van der Waals surface area (Å²) >= 11 is 0. The molecule has 1 unspecified atom stereocenters. The van der Waals surface area contributed by atoms with Crippen molar-refractivity contribution in [2.45, 2.75) is 12.8 Å². The van der Waals surface area contributed by atoms with Crippen molar-refractivity contribution in [3.8, 4) is 0 Å². The minimum atomic E-state index is 0.0723. The van der Waals surface area contributed by atoms with Crippen molar-refractivity contribution in [2.75, 3.05) is 32.5 Å². The lowest BCUT2D eigenvalue weighted by Crippen LogP contribution is -2.41. The molecule has 2 N–H and O–H groups in total. The maximum Gasteiger partial charge on any atom is 0.253 e. The number of amides is 1. The molecule has 1 atom stereocenters. The van der Waals surface area contributed by atoms with Crippen molar-refractivity contribution >= 4 is 11.6 Å². The number of nitrogen functional groups attached to an aromatic ring is 1. The van der Waals surface area contributed by atoms with Gasteiger partial charge < -0.3 is 15.4 Å². The molecular weight excluding hydrogens is 228 g/mol. The number of carbonyl (C=O) groups is 1. The molecule has 1 aliphatic rings. The van der Waals surface area contributed by atoms with Gasteiger partial charge in [0.15, 0.2) is 0 Å². The average Bonchev–Trinajstić information content (AvgIpc) is 2.39. The number of methoxy groups -OCH3 is 1. The lowest BCUT2D eigenvalue weighted by molar-refractivity contribution is 0.0571. The number of hydrogen-bond donors (Lipinski definition) is 1. The van der Waals surface area contributed by atoms with Gasteiger partial charge in [-0.3, -0.25) is 4.79 Å². The monoisotopic (exact) mass is 248 g/mol. The van der Waals surface area contributed by atoms with E-state index in [0.717, 1.165) is 32.5 Å². The van der Waals surface area contributed by atoms with Gasteiger partial charge in [0.05, 0.1) is 6.61 Å². The van der Waals surface area contributed by atoms with Gasteiger partial charge in [-0.05, 0) is 37.0 Å². The van der Waals surface area contributed by atoms with Crippen LogP contribution in [0, 0.1) is 5.92 Å². The van der Waals surface area contributed by atoms with Gasteiger partial charge in [-0.2, -0.15) is 0 Å². The Bertz CT molecular complexity index is 418. The molecule has 2 rings (SSSR count). The minimum absolute atomic E-state index is 0.0723. The molecule has 4 heteroatoms.